The number of ketones is 1. The minimum Gasteiger partial charge on any atom is -0.507 e. The van der Waals surface area contributed by atoms with Crippen LogP contribution in [0.2, 0.25) is 0 Å². The van der Waals surface area contributed by atoms with Crippen molar-refractivity contribution in [1.29, 1.82) is 0 Å². The molecule has 4 aromatic rings. The lowest BCUT2D eigenvalue weighted by atomic mass is 10.0. The Labute approximate surface area is 179 Å². The van der Waals surface area contributed by atoms with Crippen molar-refractivity contribution in [1.82, 2.24) is 4.98 Å². The number of para-hydroxylation sites is 1. The summed E-state index contributed by atoms with van der Waals surface area (Å²) in [4.78, 5) is 29.9. The van der Waals surface area contributed by atoms with Crippen molar-refractivity contribution in [2.24, 2.45) is 0 Å². The topological polar surface area (TPSA) is 88.5 Å². The summed E-state index contributed by atoms with van der Waals surface area (Å²) in [6.07, 6.45) is 1.38. The number of hydrogen-bond acceptors (Lipinski definition) is 6. The SMILES string of the molecule is CCOC(=O)c1cc(C(=O)c2ccccc2O)cnc1Nc1cccc2ccccc12. The first-order valence-electron chi connectivity index (χ1n) is 9.83. The van der Waals surface area contributed by atoms with Gasteiger partial charge in [0.2, 0.25) is 0 Å². The molecule has 0 unspecified atom stereocenters. The van der Waals surface area contributed by atoms with Gasteiger partial charge in [-0.05, 0) is 36.6 Å². The van der Waals surface area contributed by atoms with Gasteiger partial charge in [-0.2, -0.15) is 0 Å². The van der Waals surface area contributed by atoms with Crippen molar-refractivity contribution in [3.8, 4) is 5.75 Å². The van der Waals surface area contributed by atoms with Gasteiger partial charge in [-0.3, -0.25) is 4.79 Å². The van der Waals surface area contributed by atoms with Gasteiger partial charge in [-0.15, -0.1) is 0 Å². The third kappa shape index (κ3) is 4.09. The Kier molecular flexibility index (Phi) is 5.62. The van der Waals surface area contributed by atoms with Crippen LogP contribution in [0.1, 0.15) is 33.2 Å². The van der Waals surface area contributed by atoms with Crippen LogP contribution in [0.5, 0.6) is 5.75 Å². The van der Waals surface area contributed by atoms with Gasteiger partial charge in [0, 0.05) is 22.8 Å². The zero-order chi connectivity index (χ0) is 21.8. The summed E-state index contributed by atoms with van der Waals surface area (Å²) >= 11 is 0. The van der Waals surface area contributed by atoms with Crippen molar-refractivity contribution >= 4 is 34.0 Å². The maximum atomic E-state index is 12.9. The Bertz CT molecular complexity index is 1280. The van der Waals surface area contributed by atoms with Gasteiger partial charge in [0.15, 0.2) is 5.78 Å². The molecule has 6 nitrogen and oxygen atoms in total. The lowest BCUT2D eigenvalue weighted by molar-refractivity contribution is 0.0527. The quantitative estimate of drug-likeness (QED) is 0.339. The van der Waals surface area contributed by atoms with Crippen LogP contribution in [-0.2, 0) is 4.74 Å². The van der Waals surface area contributed by atoms with Crippen LogP contribution >= 0.6 is 0 Å². The molecule has 0 aliphatic carbocycles. The number of nitrogens with one attached hydrogen (secondary N) is 1. The maximum Gasteiger partial charge on any atom is 0.341 e. The number of carbonyl (C=O) groups excluding carboxylic acids is 2. The predicted octanol–water partition coefficient (Wildman–Crippen LogP) is 5.09. The Morgan fingerprint density at radius 3 is 2.52 bits per heavy atom. The molecule has 1 heterocycles. The maximum absolute atomic E-state index is 12.9. The fraction of sp³-hybridized carbons (Fsp3) is 0.0800. The van der Waals surface area contributed by atoms with Gasteiger partial charge in [0.05, 0.1) is 12.2 Å². The molecular formula is C25H20N2O4. The van der Waals surface area contributed by atoms with E-state index in [0.29, 0.717) is 0 Å². The first kappa shape index (κ1) is 20.1. The minimum atomic E-state index is -0.593. The van der Waals surface area contributed by atoms with E-state index in [1.165, 1.54) is 24.4 Å². The molecule has 0 atom stereocenters. The van der Waals surface area contributed by atoms with Crippen molar-refractivity contribution < 1.29 is 19.4 Å². The number of nitrogens with zero attached hydrogens (tertiary/aromatic N) is 1. The van der Waals surface area contributed by atoms with Crippen LogP contribution in [-0.4, -0.2) is 28.4 Å². The van der Waals surface area contributed by atoms with Crippen LogP contribution < -0.4 is 5.32 Å². The zero-order valence-corrected chi connectivity index (χ0v) is 16.8. The van der Waals surface area contributed by atoms with Crippen LogP contribution in [0.3, 0.4) is 0 Å². The summed E-state index contributed by atoms with van der Waals surface area (Å²) in [6, 6.07) is 21.3. The second-order valence-corrected chi connectivity index (χ2v) is 6.84. The molecule has 0 spiro atoms. The molecule has 0 saturated carbocycles. The first-order valence-corrected chi connectivity index (χ1v) is 9.83. The van der Waals surface area contributed by atoms with Gasteiger partial charge >= 0.3 is 5.97 Å². The van der Waals surface area contributed by atoms with E-state index < -0.39 is 11.8 Å². The monoisotopic (exact) mass is 412 g/mol. The van der Waals surface area contributed by atoms with E-state index in [-0.39, 0.29) is 34.9 Å². The summed E-state index contributed by atoms with van der Waals surface area (Å²) in [5, 5.41) is 15.2. The molecule has 154 valence electrons. The number of pyridine rings is 1. The van der Waals surface area contributed by atoms with Gasteiger partial charge in [-0.25, -0.2) is 9.78 Å². The highest BCUT2D eigenvalue weighted by Gasteiger charge is 2.20. The number of hydrogen-bond donors (Lipinski definition) is 2. The van der Waals surface area contributed by atoms with Gasteiger partial charge in [0.1, 0.15) is 17.1 Å². The number of anilines is 2. The molecule has 0 bridgehead atoms. The molecule has 0 saturated heterocycles. The van der Waals surface area contributed by atoms with E-state index in [9.17, 15) is 14.7 Å². The smallest absolute Gasteiger partial charge is 0.341 e. The first-order chi connectivity index (χ1) is 15.1. The number of rotatable bonds is 6. The number of ether oxygens (including phenoxy) is 1. The fourth-order valence-corrected chi connectivity index (χ4v) is 3.34. The Hall–Kier alpha value is -4.19. The summed E-state index contributed by atoms with van der Waals surface area (Å²) in [6.45, 7) is 1.89. The average molecular weight is 412 g/mol. The van der Waals surface area contributed by atoms with Gasteiger partial charge in [-0.1, -0.05) is 48.5 Å². The number of benzene rings is 3. The standard InChI is InChI=1S/C25H20N2O4/c1-2-31-25(30)20-14-17(23(29)19-11-5-6-13-22(19)28)15-26-24(20)27-21-12-7-9-16-8-3-4-10-18(16)21/h3-15,28H,2H2,1H3,(H,26,27). The van der Waals surface area contributed by atoms with Crippen molar-refractivity contribution in [2.45, 2.75) is 6.92 Å². The highest BCUT2D eigenvalue weighted by atomic mass is 16.5. The second-order valence-electron chi connectivity index (χ2n) is 6.84. The minimum absolute atomic E-state index is 0.133. The summed E-state index contributed by atoms with van der Waals surface area (Å²) in [5.41, 5.74) is 1.22. The van der Waals surface area contributed by atoms with Crippen LogP contribution in [0, 0.1) is 0 Å². The molecule has 2 N–H and O–H groups in total. The molecule has 3 aromatic carbocycles. The molecule has 6 heteroatoms. The van der Waals surface area contributed by atoms with E-state index >= 15 is 0 Å². The van der Waals surface area contributed by atoms with Gasteiger partial charge in [0.25, 0.3) is 0 Å². The molecule has 0 amide bonds. The molecular weight excluding hydrogens is 392 g/mol. The van der Waals surface area contributed by atoms with E-state index in [0.717, 1.165) is 16.5 Å². The molecule has 0 aliphatic heterocycles. The van der Waals surface area contributed by atoms with Crippen molar-refractivity contribution in [3.63, 3.8) is 0 Å². The second kappa shape index (κ2) is 8.67. The number of aromatic hydroxyl groups is 1. The lowest BCUT2D eigenvalue weighted by Crippen LogP contribution is -2.12. The number of fused-ring (bicyclic) bond motifs is 1. The van der Waals surface area contributed by atoms with E-state index in [1.807, 2.05) is 42.5 Å². The van der Waals surface area contributed by atoms with E-state index in [1.54, 1.807) is 19.1 Å². The molecule has 1 aromatic heterocycles. The third-order valence-corrected chi connectivity index (χ3v) is 4.84. The predicted molar refractivity (Wildman–Crippen MR) is 119 cm³/mol. The fourth-order valence-electron chi connectivity index (χ4n) is 3.34. The molecule has 0 radical (unpaired) electrons. The Morgan fingerprint density at radius 2 is 1.71 bits per heavy atom. The van der Waals surface area contributed by atoms with Crippen molar-refractivity contribution in [2.75, 3.05) is 11.9 Å². The largest absolute Gasteiger partial charge is 0.507 e. The summed E-state index contributed by atoms with van der Waals surface area (Å²) in [7, 11) is 0. The summed E-state index contributed by atoms with van der Waals surface area (Å²) < 4.78 is 5.18. The van der Waals surface area contributed by atoms with Crippen LogP contribution in [0.4, 0.5) is 11.5 Å². The van der Waals surface area contributed by atoms with Crippen molar-refractivity contribution in [3.05, 3.63) is 95.7 Å². The molecule has 0 aliphatic rings. The Morgan fingerprint density at radius 1 is 0.968 bits per heavy atom. The Balaban J connectivity index is 1.76. The normalized spacial score (nSPS) is 10.6. The highest BCUT2D eigenvalue weighted by Crippen LogP contribution is 2.28. The number of esters is 1. The van der Waals surface area contributed by atoms with E-state index in [2.05, 4.69) is 10.3 Å². The molecule has 0 fully saturated rings. The molecule has 4 rings (SSSR count). The lowest BCUT2D eigenvalue weighted by Gasteiger charge is -2.14. The number of aromatic nitrogens is 1. The number of carbonyl (C=O) groups is 2. The summed E-state index contributed by atoms with van der Waals surface area (Å²) in [5.74, 6) is -0.885. The highest BCUT2D eigenvalue weighted by molar-refractivity contribution is 6.12. The van der Waals surface area contributed by atoms with E-state index in [4.69, 9.17) is 4.74 Å². The third-order valence-electron chi connectivity index (χ3n) is 4.84. The number of phenolic OH excluding ortho intramolecular Hbond substituents is 1. The van der Waals surface area contributed by atoms with Gasteiger partial charge < -0.3 is 15.2 Å². The zero-order valence-electron chi connectivity index (χ0n) is 16.8. The molecule has 31 heavy (non-hydrogen) atoms. The average Bonchev–Trinajstić information content (AvgIpc) is 2.79. The number of phenols is 1. The van der Waals surface area contributed by atoms with Crippen LogP contribution in [0.25, 0.3) is 10.8 Å². The van der Waals surface area contributed by atoms with Crippen LogP contribution in [0.15, 0.2) is 79.0 Å².